The number of hydrogen-bond acceptors (Lipinski definition) is 5. The van der Waals surface area contributed by atoms with Crippen molar-refractivity contribution in [3.05, 3.63) is 44.8 Å². The van der Waals surface area contributed by atoms with E-state index >= 15 is 0 Å². The normalized spacial score (nSPS) is 21.6. The molecule has 3 N–H and O–H groups in total. The molecule has 2 heterocycles. The lowest BCUT2D eigenvalue weighted by molar-refractivity contribution is 0.217. The quantitative estimate of drug-likeness (QED) is 0.829. The van der Waals surface area contributed by atoms with Crippen molar-refractivity contribution in [2.75, 3.05) is 18.0 Å². The first-order valence-electron chi connectivity index (χ1n) is 8.17. The van der Waals surface area contributed by atoms with E-state index in [0.29, 0.717) is 26.9 Å². The highest BCUT2D eigenvalue weighted by molar-refractivity contribution is 7.99. The molecule has 1 aliphatic heterocycles. The molecule has 1 unspecified atom stereocenters. The highest BCUT2D eigenvalue weighted by Gasteiger charge is 2.48. The van der Waals surface area contributed by atoms with Gasteiger partial charge in [0.2, 0.25) is 0 Å². The molecule has 5 nitrogen and oxygen atoms in total. The van der Waals surface area contributed by atoms with E-state index in [1.807, 2.05) is 17.0 Å². The Morgan fingerprint density at radius 1 is 1.36 bits per heavy atom. The molecule has 2 fully saturated rings. The van der Waals surface area contributed by atoms with Gasteiger partial charge in [0.1, 0.15) is 0 Å². The summed E-state index contributed by atoms with van der Waals surface area (Å²) in [5.74, 6) is 0.479. The van der Waals surface area contributed by atoms with Gasteiger partial charge in [-0.25, -0.2) is 4.98 Å². The fourth-order valence-corrected chi connectivity index (χ4v) is 5.09. The third kappa shape index (κ3) is 3.28. The van der Waals surface area contributed by atoms with Crippen LogP contribution >= 0.6 is 35.0 Å². The van der Waals surface area contributed by atoms with Gasteiger partial charge in [0, 0.05) is 29.4 Å². The zero-order valence-corrected chi connectivity index (χ0v) is 15.8. The minimum absolute atomic E-state index is 0.180. The number of benzene rings is 1. The number of aromatic amines is 1. The number of anilines is 1. The summed E-state index contributed by atoms with van der Waals surface area (Å²) in [4.78, 5) is 22.5. The van der Waals surface area contributed by atoms with Crippen LogP contribution < -0.4 is 16.2 Å². The molecule has 0 radical (unpaired) electrons. The van der Waals surface area contributed by atoms with Crippen molar-refractivity contribution in [2.45, 2.75) is 35.2 Å². The fraction of sp³-hybridized carbons (Fsp3) is 0.412. The van der Waals surface area contributed by atoms with Gasteiger partial charge in [-0.15, -0.1) is 0 Å². The van der Waals surface area contributed by atoms with Crippen molar-refractivity contribution < 1.29 is 0 Å². The molecular formula is C17H18Cl2N4OS. The maximum absolute atomic E-state index is 12.4. The van der Waals surface area contributed by atoms with Crippen molar-refractivity contribution in [2.24, 2.45) is 11.1 Å². The SMILES string of the molecule is NC1CCC2(C1)CN(c1ncc(Sc3cccc(Cl)c3Cl)[nH]c1=O)C2. The van der Waals surface area contributed by atoms with Gasteiger partial charge in [-0.2, -0.15) is 0 Å². The molecule has 2 aliphatic rings. The van der Waals surface area contributed by atoms with Gasteiger partial charge in [0.15, 0.2) is 5.82 Å². The van der Waals surface area contributed by atoms with Crippen LogP contribution in [0.4, 0.5) is 5.82 Å². The molecule has 0 amide bonds. The number of H-pyrrole nitrogens is 1. The minimum atomic E-state index is -0.180. The van der Waals surface area contributed by atoms with Crippen molar-refractivity contribution >= 4 is 40.8 Å². The van der Waals surface area contributed by atoms with Gasteiger partial charge >= 0.3 is 0 Å². The summed E-state index contributed by atoms with van der Waals surface area (Å²) in [5.41, 5.74) is 6.13. The largest absolute Gasteiger partial charge is 0.351 e. The van der Waals surface area contributed by atoms with Gasteiger partial charge in [0.25, 0.3) is 5.56 Å². The Bertz CT molecular complexity index is 866. The molecule has 0 bridgehead atoms. The Morgan fingerprint density at radius 3 is 2.84 bits per heavy atom. The fourth-order valence-electron chi connectivity index (χ4n) is 3.79. The van der Waals surface area contributed by atoms with Crippen LogP contribution in [0.15, 0.2) is 39.1 Å². The third-order valence-corrected chi connectivity index (χ3v) is 6.89. The number of nitrogens with one attached hydrogen (secondary N) is 1. The average molecular weight is 397 g/mol. The second-order valence-electron chi connectivity index (χ2n) is 6.91. The predicted octanol–water partition coefficient (Wildman–Crippen LogP) is 3.55. The van der Waals surface area contributed by atoms with Gasteiger partial charge in [-0.05, 0) is 31.4 Å². The molecule has 25 heavy (non-hydrogen) atoms. The van der Waals surface area contributed by atoms with Crippen LogP contribution in [0.25, 0.3) is 0 Å². The maximum atomic E-state index is 12.4. The van der Waals surface area contributed by atoms with E-state index in [2.05, 4.69) is 9.97 Å². The van der Waals surface area contributed by atoms with Crippen molar-refractivity contribution in [3.63, 3.8) is 0 Å². The van der Waals surface area contributed by atoms with Crippen LogP contribution in [0, 0.1) is 5.41 Å². The summed E-state index contributed by atoms with van der Waals surface area (Å²) in [5, 5.41) is 1.59. The van der Waals surface area contributed by atoms with Crippen LogP contribution in [0.2, 0.25) is 10.0 Å². The standard InChI is InChI=1S/C17H18Cl2N4OS/c18-11-2-1-3-12(14(11)19)25-13-7-21-15(16(24)22-13)23-8-17(9-23)5-4-10(20)6-17/h1-3,7,10H,4-6,8-9,20H2,(H,22,24). The Kier molecular flexibility index (Phi) is 4.48. The second-order valence-corrected chi connectivity index (χ2v) is 8.78. The van der Waals surface area contributed by atoms with E-state index in [1.165, 1.54) is 11.8 Å². The third-order valence-electron chi connectivity index (χ3n) is 4.97. The van der Waals surface area contributed by atoms with E-state index in [4.69, 9.17) is 28.9 Å². The molecule has 4 rings (SSSR count). The molecule has 1 aromatic carbocycles. The first-order valence-corrected chi connectivity index (χ1v) is 9.75. The summed E-state index contributed by atoms with van der Waals surface area (Å²) in [6, 6.07) is 5.71. The van der Waals surface area contributed by atoms with Crippen LogP contribution in [0.5, 0.6) is 0 Å². The van der Waals surface area contributed by atoms with E-state index in [9.17, 15) is 4.79 Å². The zero-order chi connectivity index (χ0) is 17.6. The number of rotatable bonds is 3. The van der Waals surface area contributed by atoms with Crippen LogP contribution in [0.3, 0.4) is 0 Å². The highest BCUT2D eigenvalue weighted by atomic mass is 35.5. The molecule has 2 aromatic rings. The van der Waals surface area contributed by atoms with Crippen LogP contribution in [-0.2, 0) is 0 Å². The summed E-state index contributed by atoms with van der Waals surface area (Å²) >= 11 is 13.6. The minimum Gasteiger partial charge on any atom is -0.351 e. The van der Waals surface area contributed by atoms with E-state index in [-0.39, 0.29) is 11.0 Å². The summed E-state index contributed by atoms with van der Waals surface area (Å²) in [6.45, 7) is 1.73. The average Bonchev–Trinajstić information content (AvgIpc) is 2.93. The number of halogens is 2. The molecular weight excluding hydrogens is 379 g/mol. The Balaban J connectivity index is 1.49. The molecule has 1 aliphatic carbocycles. The molecule has 132 valence electrons. The summed E-state index contributed by atoms with van der Waals surface area (Å²) < 4.78 is 0. The lowest BCUT2D eigenvalue weighted by Gasteiger charge is -2.48. The van der Waals surface area contributed by atoms with E-state index in [0.717, 1.165) is 37.2 Å². The van der Waals surface area contributed by atoms with Gasteiger partial charge in [-0.3, -0.25) is 4.79 Å². The first-order chi connectivity index (χ1) is 12.0. The van der Waals surface area contributed by atoms with E-state index in [1.54, 1.807) is 12.3 Å². The molecule has 1 saturated heterocycles. The van der Waals surface area contributed by atoms with Crippen molar-refractivity contribution in [1.82, 2.24) is 9.97 Å². The lowest BCUT2D eigenvalue weighted by atomic mass is 9.78. The molecule has 8 heteroatoms. The number of hydrogen-bond donors (Lipinski definition) is 2. The Hall–Kier alpha value is -1.21. The molecule has 1 aromatic heterocycles. The summed E-state index contributed by atoms with van der Waals surface area (Å²) in [6.07, 6.45) is 4.93. The number of nitrogens with zero attached hydrogens (tertiary/aromatic N) is 2. The van der Waals surface area contributed by atoms with Gasteiger partial charge < -0.3 is 15.6 Å². The lowest BCUT2D eigenvalue weighted by Crippen LogP contribution is -2.57. The van der Waals surface area contributed by atoms with Crippen molar-refractivity contribution in [1.29, 1.82) is 0 Å². The predicted molar refractivity (Wildman–Crippen MR) is 102 cm³/mol. The second kappa shape index (κ2) is 6.50. The highest BCUT2D eigenvalue weighted by Crippen LogP contribution is 2.45. The number of nitrogens with two attached hydrogens (primary N) is 1. The molecule has 1 spiro atoms. The molecule has 1 saturated carbocycles. The summed E-state index contributed by atoms with van der Waals surface area (Å²) in [7, 11) is 0. The first kappa shape index (κ1) is 17.2. The smallest absolute Gasteiger partial charge is 0.291 e. The topological polar surface area (TPSA) is 75.0 Å². The Morgan fingerprint density at radius 2 is 2.16 bits per heavy atom. The number of aromatic nitrogens is 2. The maximum Gasteiger partial charge on any atom is 0.291 e. The zero-order valence-electron chi connectivity index (χ0n) is 13.5. The van der Waals surface area contributed by atoms with Crippen LogP contribution in [-0.4, -0.2) is 29.1 Å². The molecule has 1 atom stereocenters. The van der Waals surface area contributed by atoms with E-state index < -0.39 is 0 Å². The van der Waals surface area contributed by atoms with Gasteiger partial charge in [0.05, 0.1) is 21.3 Å². The Labute approximate surface area is 159 Å². The van der Waals surface area contributed by atoms with Crippen LogP contribution in [0.1, 0.15) is 19.3 Å². The van der Waals surface area contributed by atoms with Crippen molar-refractivity contribution in [3.8, 4) is 0 Å². The monoisotopic (exact) mass is 396 g/mol. The van der Waals surface area contributed by atoms with Gasteiger partial charge in [-0.1, -0.05) is 41.0 Å².